The van der Waals surface area contributed by atoms with Crippen molar-refractivity contribution >= 4 is 39.5 Å². The van der Waals surface area contributed by atoms with Gasteiger partial charge in [-0.1, -0.05) is 42.1 Å². The molecule has 5 heteroatoms. The van der Waals surface area contributed by atoms with E-state index in [0.717, 1.165) is 44.9 Å². The van der Waals surface area contributed by atoms with Crippen molar-refractivity contribution in [1.82, 2.24) is 14.5 Å². The summed E-state index contributed by atoms with van der Waals surface area (Å²) >= 11 is 1.53. The van der Waals surface area contributed by atoms with Gasteiger partial charge in [0.05, 0.1) is 16.3 Å². The Bertz CT molecular complexity index is 1110. The molecule has 0 radical (unpaired) electrons. The number of aromatic amines is 1. The van der Waals surface area contributed by atoms with Crippen LogP contribution in [0.2, 0.25) is 0 Å². The predicted octanol–water partition coefficient (Wildman–Crippen LogP) is 5.21. The van der Waals surface area contributed by atoms with E-state index in [9.17, 15) is 4.79 Å². The van der Waals surface area contributed by atoms with Crippen LogP contribution in [0.4, 0.5) is 0 Å². The number of carbonyl (C=O) groups excluding carboxylic acids is 1. The number of thioether (sulfide) groups is 1. The first-order valence-electron chi connectivity index (χ1n) is 8.83. The number of nitrogens with one attached hydrogen (secondary N) is 1. The van der Waals surface area contributed by atoms with Crippen molar-refractivity contribution in [3.8, 4) is 0 Å². The number of rotatable bonds is 5. The third-order valence-corrected chi connectivity index (χ3v) is 5.82. The van der Waals surface area contributed by atoms with Crippen molar-refractivity contribution in [3.63, 3.8) is 0 Å². The van der Waals surface area contributed by atoms with E-state index in [0.29, 0.717) is 0 Å². The van der Waals surface area contributed by atoms with Crippen LogP contribution in [0.5, 0.6) is 0 Å². The van der Waals surface area contributed by atoms with E-state index < -0.39 is 0 Å². The Morgan fingerprint density at radius 1 is 1.19 bits per heavy atom. The lowest BCUT2D eigenvalue weighted by molar-refractivity contribution is 0.0995. The fourth-order valence-corrected chi connectivity index (χ4v) is 4.50. The molecule has 4 aromatic rings. The highest BCUT2D eigenvalue weighted by molar-refractivity contribution is 8.00. The first-order valence-corrected chi connectivity index (χ1v) is 9.71. The minimum absolute atomic E-state index is 0.139. The van der Waals surface area contributed by atoms with Gasteiger partial charge in [0.15, 0.2) is 10.9 Å². The lowest BCUT2D eigenvalue weighted by Crippen LogP contribution is -2.15. The van der Waals surface area contributed by atoms with Crippen LogP contribution >= 0.6 is 11.8 Å². The number of para-hydroxylation sites is 3. The molecule has 2 heterocycles. The number of imidazole rings is 1. The molecule has 0 fully saturated rings. The number of aryl methyl sites for hydroxylation is 2. The molecule has 0 spiro atoms. The number of Topliss-reactive ketones (excluding diaryl/α,β-unsaturated/α-hetero) is 1. The Kier molecular flexibility index (Phi) is 4.32. The quantitative estimate of drug-likeness (QED) is 0.391. The van der Waals surface area contributed by atoms with Gasteiger partial charge in [-0.15, -0.1) is 0 Å². The second kappa shape index (κ2) is 6.65. The molecule has 26 heavy (non-hydrogen) atoms. The molecule has 1 atom stereocenters. The maximum atomic E-state index is 13.2. The van der Waals surface area contributed by atoms with Crippen LogP contribution in [0, 0.1) is 6.92 Å². The van der Waals surface area contributed by atoms with E-state index in [1.807, 2.05) is 56.3 Å². The number of hydrogen-bond donors (Lipinski definition) is 1. The molecule has 0 aliphatic heterocycles. The second-order valence-corrected chi connectivity index (χ2v) is 7.73. The number of hydrogen-bond acceptors (Lipinski definition) is 3. The number of carbonyl (C=O) groups is 1. The minimum atomic E-state index is -0.213. The fourth-order valence-electron chi connectivity index (χ4n) is 3.46. The number of nitrogens with zero attached hydrogens (tertiary/aromatic N) is 2. The molecule has 4 nitrogen and oxygen atoms in total. The van der Waals surface area contributed by atoms with Gasteiger partial charge in [-0.2, -0.15) is 0 Å². The molecular formula is C21H21N3OS. The fraction of sp³-hybridized carbons (Fsp3) is 0.238. The Labute approximate surface area is 156 Å². The Morgan fingerprint density at radius 2 is 1.92 bits per heavy atom. The predicted molar refractivity (Wildman–Crippen MR) is 108 cm³/mol. The first kappa shape index (κ1) is 16.9. The van der Waals surface area contributed by atoms with E-state index in [2.05, 4.69) is 22.5 Å². The number of fused-ring (bicyclic) bond motifs is 2. The summed E-state index contributed by atoms with van der Waals surface area (Å²) in [6.45, 7) is 6.86. The van der Waals surface area contributed by atoms with E-state index in [4.69, 9.17) is 4.98 Å². The Balaban J connectivity index is 1.69. The van der Waals surface area contributed by atoms with Gasteiger partial charge < -0.3 is 9.55 Å². The monoisotopic (exact) mass is 363 g/mol. The summed E-state index contributed by atoms with van der Waals surface area (Å²) in [7, 11) is 0. The molecule has 0 aliphatic rings. The van der Waals surface area contributed by atoms with Crippen LogP contribution in [0.25, 0.3) is 21.9 Å². The van der Waals surface area contributed by atoms with Crippen molar-refractivity contribution in [3.05, 3.63) is 59.8 Å². The highest BCUT2D eigenvalue weighted by atomic mass is 32.2. The molecule has 2 aromatic heterocycles. The zero-order valence-electron chi connectivity index (χ0n) is 15.1. The highest BCUT2D eigenvalue weighted by Gasteiger charge is 2.24. The number of H-pyrrole nitrogens is 1. The first-order chi connectivity index (χ1) is 12.6. The normalized spacial score (nSPS) is 12.7. The zero-order valence-corrected chi connectivity index (χ0v) is 15.9. The average Bonchev–Trinajstić information content (AvgIpc) is 3.16. The Hall–Kier alpha value is -2.53. The van der Waals surface area contributed by atoms with Gasteiger partial charge in [-0.05, 0) is 39.0 Å². The van der Waals surface area contributed by atoms with Gasteiger partial charge in [0.2, 0.25) is 0 Å². The molecule has 0 bridgehead atoms. The lowest BCUT2D eigenvalue weighted by Gasteiger charge is -2.11. The third kappa shape index (κ3) is 2.72. The van der Waals surface area contributed by atoms with E-state index in [-0.39, 0.29) is 11.0 Å². The van der Waals surface area contributed by atoms with Crippen molar-refractivity contribution in [2.75, 3.05) is 0 Å². The summed E-state index contributed by atoms with van der Waals surface area (Å²) in [5, 5.41) is 1.67. The summed E-state index contributed by atoms with van der Waals surface area (Å²) in [6, 6.07) is 16.1. The molecular weight excluding hydrogens is 342 g/mol. The topological polar surface area (TPSA) is 50.7 Å². The van der Waals surface area contributed by atoms with Crippen molar-refractivity contribution in [2.24, 2.45) is 0 Å². The number of aromatic nitrogens is 3. The lowest BCUT2D eigenvalue weighted by atomic mass is 10.1. The molecule has 132 valence electrons. The molecule has 0 amide bonds. The Morgan fingerprint density at radius 3 is 2.73 bits per heavy atom. The minimum Gasteiger partial charge on any atom is -0.358 e. The van der Waals surface area contributed by atoms with Crippen LogP contribution < -0.4 is 0 Å². The smallest absolute Gasteiger partial charge is 0.178 e. The van der Waals surface area contributed by atoms with Gasteiger partial charge in [0.1, 0.15) is 0 Å². The van der Waals surface area contributed by atoms with Gasteiger partial charge in [0.25, 0.3) is 0 Å². The van der Waals surface area contributed by atoms with Crippen molar-refractivity contribution in [1.29, 1.82) is 0 Å². The summed E-state index contributed by atoms with van der Waals surface area (Å²) < 4.78 is 2.17. The van der Waals surface area contributed by atoms with Gasteiger partial charge >= 0.3 is 0 Å². The third-order valence-electron chi connectivity index (χ3n) is 4.73. The molecule has 0 unspecified atom stereocenters. The van der Waals surface area contributed by atoms with E-state index in [1.54, 1.807) is 0 Å². The van der Waals surface area contributed by atoms with Crippen LogP contribution in [-0.2, 0) is 6.54 Å². The summed E-state index contributed by atoms with van der Waals surface area (Å²) in [4.78, 5) is 21.2. The molecule has 0 aliphatic carbocycles. The van der Waals surface area contributed by atoms with E-state index >= 15 is 0 Å². The summed E-state index contributed by atoms with van der Waals surface area (Å²) in [5.41, 5.74) is 4.80. The maximum Gasteiger partial charge on any atom is 0.178 e. The van der Waals surface area contributed by atoms with Crippen LogP contribution in [-0.4, -0.2) is 25.6 Å². The maximum absolute atomic E-state index is 13.2. The molecule has 2 aromatic carbocycles. The van der Waals surface area contributed by atoms with E-state index in [1.165, 1.54) is 11.8 Å². The van der Waals surface area contributed by atoms with Crippen molar-refractivity contribution in [2.45, 2.75) is 37.7 Å². The standard InChI is InChI=1S/C21H21N3OS/c1-4-24-18-12-8-7-11-17(18)23-21(24)26-14(3)20(25)19-13(2)22-16-10-6-5-9-15(16)19/h5-12,14,22H,4H2,1-3H3/t14-/m1/s1. The molecule has 0 saturated carbocycles. The molecule has 0 saturated heterocycles. The molecule has 1 N–H and O–H groups in total. The SMILES string of the molecule is CCn1c(S[C@H](C)C(=O)c2c(C)[nH]c3ccccc23)nc2ccccc21. The van der Waals surface area contributed by atoms with Crippen LogP contribution in [0.3, 0.4) is 0 Å². The van der Waals surface area contributed by atoms with Gasteiger partial charge in [-0.3, -0.25) is 4.79 Å². The highest BCUT2D eigenvalue weighted by Crippen LogP contribution is 2.31. The number of benzene rings is 2. The summed E-state index contributed by atoms with van der Waals surface area (Å²) in [5.74, 6) is 0.139. The molecule has 4 rings (SSSR count). The largest absolute Gasteiger partial charge is 0.358 e. The second-order valence-electron chi connectivity index (χ2n) is 6.42. The van der Waals surface area contributed by atoms with Gasteiger partial charge in [-0.25, -0.2) is 4.98 Å². The van der Waals surface area contributed by atoms with Crippen LogP contribution in [0.1, 0.15) is 29.9 Å². The van der Waals surface area contributed by atoms with Crippen molar-refractivity contribution < 1.29 is 4.79 Å². The average molecular weight is 363 g/mol. The van der Waals surface area contributed by atoms with Crippen LogP contribution in [0.15, 0.2) is 53.7 Å². The van der Waals surface area contributed by atoms with Gasteiger partial charge in [0, 0.05) is 28.7 Å². The zero-order chi connectivity index (χ0) is 18.3. The number of ketones is 1. The summed E-state index contributed by atoms with van der Waals surface area (Å²) in [6.07, 6.45) is 0.